The first-order chi connectivity index (χ1) is 9.74. The number of hydrogen-bond acceptors (Lipinski definition) is 5. The van der Waals surface area contributed by atoms with Crippen LogP contribution in [0.25, 0.3) is 10.7 Å². The highest BCUT2D eigenvalue weighted by atomic mass is 32.1. The van der Waals surface area contributed by atoms with Gasteiger partial charge < -0.3 is 10.6 Å². The van der Waals surface area contributed by atoms with Crippen LogP contribution in [-0.2, 0) is 0 Å². The van der Waals surface area contributed by atoms with Gasteiger partial charge in [0.15, 0.2) is 0 Å². The highest BCUT2D eigenvalue weighted by Gasteiger charge is 2.24. The smallest absolute Gasteiger partial charge is 0.265 e. The second kappa shape index (κ2) is 5.68. The summed E-state index contributed by atoms with van der Waals surface area (Å²) < 4.78 is 0. The maximum absolute atomic E-state index is 12.4. The average molecular weight is 288 g/mol. The molecule has 6 heteroatoms. The molecule has 104 valence electrons. The molecule has 20 heavy (non-hydrogen) atoms. The summed E-state index contributed by atoms with van der Waals surface area (Å²) in [5, 5.41) is 0.773. The summed E-state index contributed by atoms with van der Waals surface area (Å²) in [6, 6.07) is 5.76. The summed E-state index contributed by atoms with van der Waals surface area (Å²) in [5.41, 5.74) is 6.72. The molecule has 1 aliphatic heterocycles. The number of nitrogens with zero attached hydrogens (tertiary/aromatic N) is 3. The molecule has 1 saturated heterocycles. The van der Waals surface area contributed by atoms with Crippen LogP contribution in [0, 0.1) is 0 Å². The quantitative estimate of drug-likeness (QED) is 0.914. The van der Waals surface area contributed by atoms with Gasteiger partial charge in [-0.1, -0.05) is 6.07 Å². The number of thiazole rings is 1. The number of aromatic nitrogens is 2. The van der Waals surface area contributed by atoms with Crippen LogP contribution >= 0.6 is 11.3 Å². The summed E-state index contributed by atoms with van der Waals surface area (Å²) >= 11 is 1.38. The van der Waals surface area contributed by atoms with Crippen LogP contribution in [0.4, 0.5) is 0 Å². The van der Waals surface area contributed by atoms with Gasteiger partial charge in [0.2, 0.25) is 0 Å². The lowest BCUT2D eigenvalue weighted by atomic mass is 10.1. The minimum Gasteiger partial charge on any atom is -0.336 e. The second-order valence-electron chi connectivity index (χ2n) is 4.90. The van der Waals surface area contributed by atoms with E-state index in [2.05, 4.69) is 9.97 Å². The van der Waals surface area contributed by atoms with Gasteiger partial charge in [0.1, 0.15) is 9.88 Å². The van der Waals surface area contributed by atoms with E-state index in [1.54, 1.807) is 12.4 Å². The highest BCUT2D eigenvalue weighted by molar-refractivity contribution is 7.16. The third kappa shape index (κ3) is 2.71. The maximum Gasteiger partial charge on any atom is 0.265 e. The van der Waals surface area contributed by atoms with Gasteiger partial charge in [0.05, 0.1) is 11.9 Å². The molecular weight excluding hydrogens is 272 g/mol. The molecular formula is C14H16N4OS. The van der Waals surface area contributed by atoms with Crippen molar-refractivity contribution in [3.8, 4) is 10.7 Å². The summed E-state index contributed by atoms with van der Waals surface area (Å²) in [6.07, 6.45) is 5.32. The fourth-order valence-electron chi connectivity index (χ4n) is 2.33. The molecule has 0 radical (unpaired) electrons. The standard InChI is InChI=1S/C14H16N4OS/c15-10-4-3-7-18(9-10)14(19)12-8-17-13(20-12)11-5-1-2-6-16-11/h1-2,5-6,8,10H,3-4,7,9,15H2. The normalized spacial score (nSPS) is 19.1. The Morgan fingerprint density at radius 2 is 2.30 bits per heavy atom. The Kier molecular flexibility index (Phi) is 3.75. The number of likely N-dealkylation sites (tertiary alicyclic amines) is 1. The lowest BCUT2D eigenvalue weighted by Gasteiger charge is -2.30. The Labute approximate surface area is 121 Å². The minimum atomic E-state index is 0.0276. The summed E-state index contributed by atoms with van der Waals surface area (Å²) in [7, 11) is 0. The Morgan fingerprint density at radius 3 is 3.05 bits per heavy atom. The molecule has 2 N–H and O–H groups in total. The molecule has 2 aromatic heterocycles. The van der Waals surface area contributed by atoms with Gasteiger partial charge in [0, 0.05) is 25.3 Å². The van der Waals surface area contributed by atoms with E-state index in [0.29, 0.717) is 11.4 Å². The van der Waals surface area contributed by atoms with E-state index in [9.17, 15) is 4.79 Å². The molecule has 3 heterocycles. The number of hydrogen-bond donors (Lipinski definition) is 1. The van der Waals surface area contributed by atoms with Crippen molar-refractivity contribution in [2.75, 3.05) is 13.1 Å². The van der Waals surface area contributed by atoms with E-state index in [4.69, 9.17) is 5.73 Å². The van der Waals surface area contributed by atoms with E-state index >= 15 is 0 Å². The van der Waals surface area contributed by atoms with Crippen LogP contribution in [0.5, 0.6) is 0 Å². The summed E-state index contributed by atoms with van der Waals surface area (Å²) in [6.45, 7) is 1.42. The SMILES string of the molecule is NC1CCCN(C(=O)c2cnc(-c3ccccn3)s2)C1. The first kappa shape index (κ1) is 13.2. The molecule has 3 rings (SSSR count). The predicted molar refractivity (Wildman–Crippen MR) is 78.5 cm³/mol. The van der Waals surface area contributed by atoms with Gasteiger partial charge in [-0.15, -0.1) is 11.3 Å². The van der Waals surface area contributed by atoms with Crippen LogP contribution < -0.4 is 5.73 Å². The van der Waals surface area contributed by atoms with Gasteiger partial charge in [0.25, 0.3) is 5.91 Å². The van der Waals surface area contributed by atoms with E-state index in [-0.39, 0.29) is 11.9 Å². The molecule has 1 unspecified atom stereocenters. The molecule has 0 saturated carbocycles. The van der Waals surface area contributed by atoms with Crippen LogP contribution in [0.2, 0.25) is 0 Å². The van der Waals surface area contributed by atoms with Gasteiger partial charge >= 0.3 is 0 Å². The van der Waals surface area contributed by atoms with Gasteiger partial charge in [-0.05, 0) is 25.0 Å². The topological polar surface area (TPSA) is 72.1 Å². The Morgan fingerprint density at radius 1 is 1.40 bits per heavy atom. The van der Waals surface area contributed by atoms with Crippen molar-refractivity contribution in [2.45, 2.75) is 18.9 Å². The number of pyridine rings is 1. The average Bonchev–Trinajstić information content (AvgIpc) is 2.97. The van der Waals surface area contributed by atoms with Crippen LogP contribution in [0.3, 0.4) is 0 Å². The third-order valence-electron chi connectivity index (χ3n) is 3.35. The van der Waals surface area contributed by atoms with Crippen molar-refractivity contribution in [1.29, 1.82) is 0 Å². The molecule has 1 amide bonds. The van der Waals surface area contributed by atoms with E-state index < -0.39 is 0 Å². The molecule has 0 bridgehead atoms. The van der Waals surface area contributed by atoms with Crippen molar-refractivity contribution >= 4 is 17.2 Å². The minimum absolute atomic E-state index is 0.0276. The number of piperidine rings is 1. The molecule has 0 aliphatic carbocycles. The zero-order valence-electron chi connectivity index (χ0n) is 11.0. The van der Waals surface area contributed by atoms with Crippen LogP contribution in [0.1, 0.15) is 22.5 Å². The fraction of sp³-hybridized carbons (Fsp3) is 0.357. The Bertz CT molecular complexity index is 598. The van der Waals surface area contributed by atoms with E-state index in [0.717, 1.165) is 30.1 Å². The molecule has 5 nitrogen and oxygen atoms in total. The number of carbonyl (C=O) groups excluding carboxylic acids is 1. The molecule has 1 aliphatic rings. The Hall–Kier alpha value is -1.79. The van der Waals surface area contributed by atoms with Crippen molar-refractivity contribution in [3.05, 3.63) is 35.5 Å². The summed E-state index contributed by atoms with van der Waals surface area (Å²) in [4.78, 5) is 23.4. The first-order valence-corrected chi connectivity index (χ1v) is 7.48. The fourth-order valence-corrected chi connectivity index (χ4v) is 3.19. The first-order valence-electron chi connectivity index (χ1n) is 6.66. The molecule has 0 aromatic carbocycles. The lowest BCUT2D eigenvalue weighted by Crippen LogP contribution is -2.45. The van der Waals surface area contributed by atoms with Gasteiger partial charge in [-0.3, -0.25) is 9.78 Å². The number of nitrogens with two attached hydrogens (primary N) is 1. The zero-order valence-corrected chi connectivity index (χ0v) is 11.8. The Balaban J connectivity index is 1.78. The van der Waals surface area contributed by atoms with Crippen LogP contribution in [-0.4, -0.2) is 39.9 Å². The van der Waals surface area contributed by atoms with Gasteiger partial charge in [-0.2, -0.15) is 0 Å². The number of rotatable bonds is 2. The second-order valence-corrected chi connectivity index (χ2v) is 5.93. The molecule has 2 aromatic rings. The molecule has 1 atom stereocenters. The van der Waals surface area contributed by atoms with Gasteiger partial charge in [-0.25, -0.2) is 4.98 Å². The monoisotopic (exact) mass is 288 g/mol. The molecule has 1 fully saturated rings. The van der Waals surface area contributed by atoms with Crippen molar-refractivity contribution < 1.29 is 4.79 Å². The highest BCUT2D eigenvalue weighted by Crippen LogP contribution is 2.24. The number of carbonyl (C=O) groups is 1. The third-order valence-corrected chi connectivity index (χ3v) is 4.35. The van der Waals surface area contributed by atoms with Crippen LogP contribution in [0.15, 0.2) is 30.6 Å². The summed E-state index contributed by atoms with van der Waals surface area (Å²) in [5.74, 6) is 0.0276. The van der Waals surface area contributed by atoms with Crippen molar-refractivity contribution in [1.82, 2.24) is 14.9 Å². The number of amides is 1. The zero-order chi connectivity index (χ0) is 13.9. The van der Waals surface area contributed by atoms with E-state index in [1.165, 1.54) is 11.3 Å². The van der Waals surface area contributed by atoms with E-state index in [1.807, 2.05) is 23.1 Å². The lowest BCUT2D eigenvalue weighted by molar-refractivity contribution is 0.0713. The largest absolute Gasteiger partial charge is 0.336 e. The maximum atomic E-state index is 12.4. The van der Waals surface area contributed by atoms with Crippen molar-refractivity contribution in [3.63, 3.8) is 0 Å². The molecule has 0 spiro atoms. The predicted octanol–water partition coefficient (Wildman–Crippen LogP) is 1.77. The van der Waals surface area contributed by atoms with Crippen molar-refractivity contribution in [2.24, 2.45) is 5.73 Å².